The molecule has 0 saturated carbocycles. The van der Waals surface area contributed by atoms with Gasteiger partial charge in [0.2, 0.25) is 0 Å². The monoisotopic (exact) mass is 132 g/mol. The van der Waals surface area contributed by atoms with Gasteiger partial charge in [0.15, 0.2) is 0 Å². The van der Waals surface area contributed by atoms with E-state index in [1.54, 1.807) is 0 Å². The van der Waals surface area contributed by atoms with Crippen LogP contribution in [-0.2, 0) is 0 Å². The van der Waals surface area contributed by atoms with Crippen LogP contribution in [0, 0.1) is 0 Å². The summed E-state index contributed by atoms with van der Waals surface area (Å²) in [5.41, 5.74) is 0. The second-order valence-corrected chi connectivity index (χ2v) is 2.29. The van der Waals surface area contributed by atoms with E-state index in [0.717, 1.165) is 17.9 Å². The van der Waals surface area contributed by atoms with Crippen molar-refractivity contribution in [2.75, 3.05) is 0 Å². The van der Waals surface area contributed by atoms with Gasteiger partial charge in [-0.1, -0.05) is 18.2 Å². The largest absolute Gasteiger partial charge is 0.462 e. The lowest BCUT2D eigenvalue weighted by Crippen LogP contribution is -1.81. The van der Waals surface area contributed by atoms with E-state index in [2.05, 4.69) is 6.08 Å². The molecule has 1 heteroatoms. The number of hydrogen-bond acceptors (Lipinski definition) is 1. The third kappa shape index (κ3) is 1.18. The van der Waals surface area contributed by atoms with Crippen LogP contribution in [0.5, 0.6) is 5.75 Å². The number of para-hydroxylation sites is 1. The van der Waals surface area contributed by atoms with Crippen LogP contribution in [0.3, 0.4) is 0 Å². The lowest BCUT2D eigenvalue weighted by Gasteiger charge is -1.97. The summed E-state index contributed by atoms with van der Waals surface area (Å²) in [6, 6.07) is 9.84. The molecule has 0 radical (unpaired) electrons. The summed E-state index contributed by atoms with van der Waals surface area (Å²) in [4.78, 5) is 0. The normalized spacial score (nSPS) is 14.2. The average Bonchev–Trinajstić information content (AvgIpc) is 2.74. The molecule has 1 aromatic carbocycles. The lowest BCUT2D eigenvalue weighted by atomic mass is 10.3. The Morgan fingerprint density at radius 2 is 1.80 bits per heavy atom. The molecule has 0 atom stereocenters. The molecule has 0 aromatic heterocycles. The Hall–Kier alpha value is -1.24. The zero-order chi connectivity index (χ0) is 6.81. The van der Waals surface area contributed by atoms with Crippen LogP contribution in [0.4, 0.5) is 0 Å². The molecule has 1 nitrogen and oxygen atoms in total. The molecule has 0 unspecified atom stereocenters. The second kappa shape index (κ2) is 2.18. The number of allylic oxidation sites excluding steroid dienone is 2. The van der Waals surface area contributed by atoms with Gasteiger partial charge in [0.05, 0.1) is 0 Å². The number of benzene rings is 1. The topological polar surface area (TPSA) is 9.23 Å². The van der Waals surface area contributed by atoms with Crippen molar-refractivity contribution in [1.82, 2.24) is 0 Å². The quantitative estimate of drug-likeness (QED) is 0.600. The lowest BCUT2D eigenvalue weighted by molar-refractivity contribution is 0.447. The van der Waals surface area contributed by atoms with Crippen molar-refractivity contribution in [3.63, 3.8) is 0 Å². The highest BCUT2D eigenvalue weighted by Crippen LogP contribution is 2.23. The van der Waals surface area contributed by atoms with Gasteiger partial charge >= 0.3 is 0 Å². The van der Waals surface area contributed by atoms with Crippen molar-refractivity contribution >= 4 is 0 Å². The van der Waals surface area contributed by atoms with Crippen LogP contribution in [0.15, 0.2) is 42.2 Å². The molecule has 0 fully saturated rings. The van der Waals surface area contributed by atoms with E-state index in [9.17, 15) is 0 Å². The molecule has 0 aliphatic heterocycles. The van der Waals surface area contributed by atoms with Gasteiger partial charge in [-0.3, -0.25) is 0 Å². The molecule has 0 saturated heterocycles. The Morgan fingerprint density at radius 1 is 1.10 bits per heavy atom. The summed E-state index contributed by atoms with van der Waals surface area (Å²) in [5.74, 6) is 2.03. The zero-order valence-electron chi connectivity index (χ0n) is 5.58. The Labute approximate surface area is 59.9 Å². The average molecular weight is 132 g/mol. The Bertz CT molecular complexity index is 249. The fourth-order valence-corrected chi connectivity index (χ4v) is 0.765. The molecular formula is C9H8O. The van der Waals surface area contributed by atoms with E-state index in [1.807, 2.05) is 30.3 Å². The van der Waals surface area contributed by atoms with Crippen LogP contribution in [0.25, 0.3) is 0 Å². The van der Waals surface area contributed by atoms with Crippen molar-refractivity contribution in [2.24, 2.45) is 0 Å². The van der Waals surface area contributed by atoms with Gasteiger partial charge in [-0.15, -0.1) is 0 Å². The van der Waals surface area contributed by atoms with Gasteiger partial charge in [-0.25, -0.2) is 0 Å². The number of rotatable bonds is 2. The van der Waals surface area contributed by atoms with Crippen molar-refractivity contribution in [3.8, 4) is 5.75 Å². The minimum Gasteiger partial charge on any atom is -0.462 e. The van der Waals surface area contributed by atoms with Crippen molar-refractivity contribution < 1.29 is 4.74 Å². The van der Waals surface area contributed by atoms with Gasteiger partial charge in [0.1, 0.15) is 11.5 Å². The van der Waals surface area contributed by atoms with Crippen LogP contribution in [-0.4, -0.2) is 0 Å². The molecule has 0 spiro atoms. The number of ether oxygens (including phenoxy) is 1. The van der Waals surface area contributed by atoms with E-state index in [4.69, 9.17) is 4.74 Å². The van der Waals surface area contributed by atoms with Crippen molar-refractivity contribution in [2.45, 2.75) is 6.42 Å². The molecule has 1 aliphatic carbocycles. The summed E-state index contributed by atoms with van der Waals surface area (Å²) in [7, 11) is 0. The maximum Gasteiger partial charge on any atom is 0.126 e. The fourth-order valence-electron chi connectivity index (χ4n) is 0.765. The van der Waals surface area contributed by atoms with Gasteiger partial charge in [0, 0.05) is 6.42 Å². The first-order valence-electron chi connectivity index (χ1n) is 3.37. The predicted molar refractivity (Wildman–Crippen MR) is 39.8 cm³/mol. The van der Waals surface area contributed by atoms with E-state index in [1.165, 1.54) is 0 Å². The molecule has 0 bridgehead atoms. The summed E-state index contributed by atoms with van der Waals surface area (Å²) in [5, 5.41) is 0. The van der Waals surface area contributed by atoms with Gasteiger partial charge in [-0.2, -0.15) is 0 Å². The maximum atomic E-state index is 5.39. The molecule has 10 heavy (non-hydrogen) atoms. The van der Waals surface area contributed by atoms with Crippen LogP contribution >= 0.6 is 0 Å². The summed E-state index contributed by atoms with van der Waals surface area (Å²) in [6.07, 6.45) is 3.09. The van der Waals surface area contributed by atoms with E-state index in [0.29, 0.717) is 0 Å². The molecule has 0 amide bonds. The zero-order valence-corrected chi connectivity index (χ0v) is 5.58. The summed E-state index contributed by atoms with van der Waals surface area (Å²) >= 11 is 0. The Balaban J connectivity index is 2.11. The van der Waals surface area contributed by atoms with Gasteiger partial charge in [0.25, 0.3) is 0 Å². The predicted octanol–water partition coefficient (Wildman–Crippen LogP) is 2.35. The third-order valence-corrected chi connectivity index (χ3v) is 1.36. The SMILES string of the molecule is C1=C(Oc2ccccc2)C1. The van der Waals surface area contributed by atoms with Gasteiger partial charge < -0.3 is 4.74 Å². The molecule has 50 valence electrons. The van der Waals surface area contributed by atoms with Crippen molar-refractivity contribution in [3.05, 3.63) is 42.2 Å². The van der Waals surface area contributed by atoms with Crippen molar-refractivity contribution in [1.29, 1.82) is 0 Å². The highest BCUT2D eigenvalue weighted by Gasteiger charge is 2.08. The highest BCUT2D eigenvalue weighted by molar-refractivity contribution is 5.27. The molecular weight excluding hydrogens is 124 g/mol. The minimum atomic E-state index is 0.936. The van der Waals surface area contributed by atoms with Gasteiger partial charge in [-0.05, 0) is 18.2 Å². The van der Waals surface area contributed by atoms with Crippen LogP contribution < -0.4 is 4.74 Å². The second-order valence-electron chi connectivity index (χ2n) is 2.29. The first kappa shape index (κ1) is 5.54. The molecule has 1 aromatic rings. The third-order valence-electron chi connectivity index (χ3n) is 1.36. The highest BCUT2D eigenvalue weighted by atomic mass is 16.5. The fraction of sp³-hybridized carbons (Fsp3) is 0.111. The minimum absolute atomic E-state index is 0.936. The van der Waals surface area contributed by atoms with E-state index in [-0.39, 0.29) is 0 Å². The first-order chi connectivity index (χ1) is 4.95. The smallest absolute Gasteiger partial charge is 0.126 e. The first-order valence-corrected chi connectivity index (χ1v) is 3.37. The molecule has 2 rings (SSSR count). The standard InChI is InChI=1S/C9H8O/c1-2-4-8(5-3-1)10-9-6-7-9/h1-6H,7H2. The molecule has 1 aliphatic rings. The summed E-state index contributed by atoms with van der Waals surface area (Å²) < 4.78 is 5.39. The molecule has 0 heterocycles. The van der Waals surface area contributed by atoms with E-state index >= 15 is 0 Å². The summed E-state index contributed by atoms with van der Waals surface area (Å²) in [6.45, 7) is 0. The van der Waals surface area contributed by atoms with Crippen LogP contribution in [0.2, 0.25) is 0 Å². The van der Waals surface area contributed by atoms with Crippen LogP contribution in [0.1, 0.15) is 6.42 Å². The van der Waals surface area contributed by atoms with E-state index < -0.39 is 0 Å². The Morgan fingerprint density at radius 3 is 2.40 bits per heavy atom. The number of hydrogen-bond donors (Lipinski definition) is 0. The Kier molecular flexibility index (Phi) is 1.21. The maximum absolute atomic E-state index is 5.39. The molecule has 0 N–H and O–H groups in total.